The fraction of sp³-hybridized carbons (Fsp3) is 0.250. The summed E-state index contributed by atoms with van der Waals surface area (Å²) >= 11 is 5.56. The van der Waals surface area contributed by atoms with Gasteiger partial charge in [-0.15, -0.1) is 0 Å². The Bertz CT molecular complexity index is 416. The summed E-state index contributed by atoms with van der Waals surface area (Å²) in [6, 6.07) is 7.70. The fourth-order valence-electron chi connectivity index (χ4n) is 1.16. The molecule has 0 bridgehead atoms. The Kier molecular flexibility index (Phi) is 4.20. The zero-order valence-corrected chi connectivity index (χ0v) is 9.60. The molecule has 15 heavy (non-hydrogen) atoms. The van der Waals surface area contributed by atoms with E-state index in [1.54, 1.807) is 5.54 Å². The Balaban J connectivity index is 2.81. The number of hydrogen-bond acceptors (Lipinski definition) is 2. The summed E-state index contributed by atoms with van der Waals surface area (Å²) in [5, 5.41) is 12.0. The van der Waals surface area contributed by atoms with Crippen molar-refractivity contribution in [3.05, 3.63) is 40.4 Å². The van der Waals surface area contributed by atoms with E-state index in [0.29, 0.717) is 12.1 Å². The molecule has 1 rings (SSSR count). The van der Waals surface area contributed by atoms with E-state index >= 15 is 0 Å². The first-order valence-corrected chi connectivity index (χ1v) is 5.11. The Labute approximate surface area is 95.2 Å². The number of anilines is 1. The molecule has 78 valence electrons. The first kappa shape index (κ1) is 11.6. The van der Waals surface area contributed by atoms with Crippen LogP contribution in [0.4, 0.5) is 5.69 Å². The minimum atomic E-state index is 0.663. The maximum absolute atomic E-state index is 8.77. The zero-order chi connectivity index (χ0) is 11.3. The molecule has 1 aromatic carbocycles. The van der Waals surface area contributed by atoms with Crippen LogP contribution in [0.5, 0.6) is 0 Å². The summed E-state index contributed by atoms with van der Waals surface area (Å²) in [6.07, 6.45) is 0. The zero-order valence-electron chi connectivity index (χ0n) is 8.84. The van der Waals surface area contributed by atoms with Crippen molar-refractivity contribution in [3.63, 3.8) is 0 Å². The van der Waals surface area contributed by atoms with Gasteiger partial charge in [-0.25, -0.2) is 0 Å². The molecule has 1 aromatic rings. The van der Waals surface area contributed by atoms with E-state index in [-0.39, 0.29) is 0 Å². The average Bonchev–Trinajstić information content (AvgIpc) is 2.27. The molecule has 0 radical (unpaired) electrons. The van der Waals surface area contributed by atoms with Crippen LogP contribution in [0.25, 0.3) is 0 Å². The number of nitrogens with zero attached hydrogens (tertiary/aromatic N) is 1. The van der Waals surface area contributed by atoms with E-state index in [4.69, 9.17) is 16.9 Å². The van der Waals surface area contributed by atoms with Crippen LogP contribution >= 0.6 is 11.6 Å². The van der Waals surface area contributed by atoms with Gasteiger partial charge in [-0.2, -0.15) is 5.26 Å². The normalized spacial score (nSPS) is 10.9. The molecule has 3 heteroatoms. The van der Waals surface area contributed by atoms with E-state index in [1.165, 1.54) is 0 Å². The van der Waals surface area contributed by atoms with Gasteiger partial charge in [0.1, 0.15) is 0 Å². The second-order valence-electron chi connectivity index (χ2n) is 3.45. The topological polar surface area (TPSA) is 35.8 Å². The molecule has 0 saturated heterocycles. The van der Waals surface area contributed by atoms with Crippen LogP contribution in [-0.4, -0.2) is 6.54 Å². The first-order valence-electron chi connectivity index (χ1n) is 4.68. The minimum absolute atomic E-state index is 0.663. The van der Waals surface area contributed by atoms with Crippen molar-refractivity contribution in [1.29, 1.82) is 5.26 Å². The van der Waals surface area contributed by atoms with Crippen molar-refractivity contribution in [3.8, 4) is 6.07 Å². The van der Waals surface area contributed by atoms with Crippen LogP contribution in [0.1, 0.15) is 18.1 Å². The van der Waals surface area contributed by atoms with Crippen molar-refractivity contribution in [2.24, 2.45) is 0 Å². The Morgan fingerprint density at radius 3 is 2.93 bits per heavy atom. The number of halogens is 1. The van der Waals surface area contributed by atoms with Crippen LogP contribution < -0.4 is 5.32 Å². The molecular weight excluding hydrogens is 208 g/mol. The fourth-order valence-corrected chi connectivity index (χ4v) is 1.23. The van der Waals surface area contributed by atoms with Gasteiger partial charge in [0.25, 0.3) is 0 Å². The van der Waals surface area contributed by atoms with Crippen LogP contribution in [0, 0.1) is 18.3 Å². The number of hydrogen-bond donors (Lipinski definition) is 1. The lowest BCUT2D eigenvalue weighted by atomic mass is 10.1. The average molecular weight is 221 g/mol. The maximum Gasteiger partial charge on any atom is 0.0992 e. The van der Waals surface area contributed by atoms with Crippen LogP contribution in [-0.2, 0) is 0 Å². The van der Waals surface area contributed by atoms with Crippen molar-refractivity contribution in [1.82, 2.24) is 0 Å². The van der Waals surface area contributed by atoms with Crippen molar-refractivity contribution >= 4 is 17.3 Å². The third kappa shape index (κ3) is 3.30. The summed E-state index contributed by atoms with van der Waals surface area (Å²) in [5.74, 6) is 0. The molecule has 0 aliphatic rings. The summed E-state index contributed by atoms with van der Waals surface area (Å²) in [5.41, 5.74) is 5.37. The van der Waals surface area contributed by atoms with E-state index in [2.05, 4.69) is 11.4 Å². The molecule has 0 heterocycles. The second-order valence-corrected chi connectivity index (χ2v) is 3.67. The molecule has 1 N–H and O–H groups in total. The van der Waals surface area contributed by atoms with Crippen molar-refractivity contribution < 1.29 is 0 Å². The molecule has 0 aliphatic heterocycles. The minimum Gasteiger partial charge on any atom is -0.381 e. The van der Waals surface area contributed by atoms with Gasteiger partial charge in [0.15, 0.2) is 0 Å². The Morgan fingerprint density at radius 1 is 1.60 bits per heavy atom. The molecule has 0 aromatic heterocycles. The first-order chi connectivity index (χ1) is 7.17. The number of nitrogens with one attached hydrogen (secondary N) is 1. The quantitative estimate of drug-likeness (QED) is 0.847. The second kappa shape index (κ2) is 5.43. The Morgan fingerprint density at radius 2 is 2.33 bits per heavy atom. The predicted molar refractivity (Wildman–Crippen MR) is 64.0 cm³/mol. The smallest absolute Gasteiger partial charge is 0.0992 e. The highest BCUT2D eigenvalue weighted by atomic mass is 35.5. The van der Waals surface area contributed by atoms with Gasteiger partial charge in [0.05, 0.1) is 11.6 Å². The molecule has 0 amide bonds. The van der Waals surface area contributed by atoms with Gasteiger partial charge in [-0.1, -0.05) is 17.7 Å². The van der Waals surface area contributed by atoms with Gasteiger partial charge in [-0.05, 0) is 37.1 Å². The molecule has 0 unspecified atom stereocenters. The molecule has 0 spiro atoms. The summed E-state index contributed by atoms with van der Waals surface area (Å²) in [4.78, 5) is 0. The van der Waals surface area contributed by atoms with Crippen LogP contribution in [0.2, 0.25) is 0 Å². The highest BCUT2D eigenvalue weighted by Gasteiger charge is 1.99. The summed E-state index contributed by atoms with van der Waals surface area (Å²) in [6.45, 7) is 4.64. The lowest BCUT2D eigenvalue weighted by Crippen LogP contribution is -2.04. The lowest BCUT2D eigenvalue weighted by Gasteiger charge is -2.09. The standard InChI is InChI=1S/C12H13ClN2/c1-9(6-13)8-15-12-5-11(7-14)4-3-10(12)2/h3-6,15H,8H2,1-2H3/b9-6-. The molecule has 0 atom stereocenters. The van der Waals surface area contributed by atoms with Crippen molar-refractivity contribution in [2.45, 2.75) is 13.8 Å². The van der Waals surface area contributed by atoms with Gasteiger partial charge in [0, 0.05) is 17.8 Å². The van der Waals surface area contributed by atoms with Crippen molar-refractivity contribution in [2.75, 3.05) is 11.9 Å². The van der Waals surface area contributed by atoms with Gasteiger partial charge >= 0.3 is 0 Å². The molecule has 2 nitrogen and oxygen atoms in total. The van der Waals surface area contributed by atoms with E-state index < -0.39 is 0 Å². The Hall–Kier alpha value is -1.46. The van der Waals surface area contributed by atoms with E-state index in [9.17, 15) is 0 Å². The van der Waals surface area contributed by atoms with Crippen LogP contribution in [0.3, 0.4) is 0 Å². The SMILES string of the molecule is C/C(=C/Cl)CNc1cc(C#N)ccc1C. The highest BCUT2D eigenvalue weighted by Crippen LogP contribution is 2.16. The largest absolute Gasteiger partial charge is 0.381 e. The number of rotatable bonds is 3. The third-order valence-corrected chi connectivity index (χ3v) is 2.48. The van der Waals surface area contributed by atoms with E-state index in [0.717, 1.165) is 16.8 Å². The monoisotopic (exact) mass is 220 g/mol. The molecular formula is C12H13ClN2. The van der Waals surface area contributed by atoms with E-state index in [1.807, 2.05) is 32.0 Å². The summed E-state index contributed by atoms with van der Waals surface area (Å²) in [7, 11) is 0. The number of aryl methyl sites for hydroxylation is 1. The highest BCUT2D eigenvalue weighted by molar-refractivity contribution is 6.25. The molecule has 0 fully saturated rings. The number of benzene rings is 1. The summed E-state index contributed by atoms with van der Waals surface area (Å²) < 4.78 is 0. The maximum atomic E-state index is 8.77. The van der Waals surface area contributed by atoms with Gasteiger partial charge in [0.2, 0.25) is 0 Å². The number of nitriles is 1. The third-order valence-electron chi connectivity index (χ3n) is 2.11. The lowest BCUT2D eigenvalue weighted by molar-refractivity contribution is 1.20. The van der Waals surface area contributed by atoms with Crippen LogP contribution in [0.15, 0.2) is 29.3 Å². The molecule has 0 aliphatic carbocycles. The van der Waals surface area contributed by atoms with Gasteiger partial charge in [-0.3, -0.25) is 0 Å². The van der Waals surface area contributed by atoms with Gasteiger partial charge < -0.3 is 5.32 Å². The predicted octanol–water partition coefficient (Wildman–Crippen LogP) is 3.42. The molecule has 0 saturated carbocycles.